The van der Waals surface area contributed by atoms with Gasteiger partial charge in [-0.3, -0.25) is 0 Å². The van der Waals surface area contributed by atoms with Gasteiger partial charge in [0.25, 0.3) is 0 Å². The van der Waals surface area contributed by atoms with Gasteiger partial charge in [-0.15, -0.1) is 0 Å². The molecule has 0 N–H and O–H groups in total. The Labute approximate surface area is 84.1 Å². The molecular weight excluding hydrogens is 242 g/mol. The summed E-state index contributed by atoms with van der Waals surface area (Å²) in [5.41, 5.74) is 1.32. The molecule has 1 aromatic rings. The second kappa shape index (κ2) is 7.28. The van der Waals surface area contributed by atoms with Gasteiger partial charge >= 0.3 is 41.5 Å². The molecule has 0 saturated carbocycles. The molecule has 0 bridgehead atoms. The summed E-state index contributed by atoms with van der Waals surface area (Å²) in [6.45, 7) is 2.08. The van der Waals surface area contributed by atoms with Gasteiger partial charge in [-0.2, -0.15) is 0 Å². The van der Waals surface area contributed by atoms with Gasteiger partial charge in [0.1, 0.15) is 0 Å². The molecule has 1 aromatic carbocycles. The van der Waals surface area contributed by atoms with Crippen LogP contribution in [-0.4, -0.2) is 0 Å². The topological polar surface area (TPSA) is 0 Å². The fraction of sp³-hybridized carbons (Fsp3) is 0.143. The Bertz CT molecular complexity index is 174. The average Bonchev–Trinajstić information content (AvgIpc) is 1.87. The SMILES string of the molecule is Cc1ccccc1.[Cl][Cr]([Cl])[Cl]. The van der Waals surface area contributed by atoms with Gasteiger partial charge in [0.2, 0.25) is 0 Å². The summed E-state index contributed by atoms with van der Waals surface area (Å²) in [6, 6.07) is 10.3. The molecule has 0 atom stereocenters. The summed E-state index contributed by atoms with van der Waals surface area (Å²) in [5, 5.41) is 0. The Hall–Kier alpha value is 0.622. The van der Waals surface area contributed by atoms with Gasteiger partial charge in [-0.05, 0) is 6.92 Å². The monoisotopic (exact) mass is 249 g/mol. The van der Waals surface area contributed by atoms with Crippen LogP contribution in [0.15, 0.2) is 30.3 Å². The number of hydrogen-bond acceptors (Lipinski definition) is 0. The van der Waals surface area contributed by atoms with Gasteiger partial charge in [0.15, 0.2) is 0 Å². The zero-order valence-corrected chi connectivity index (χ0v) is 9.47. The third kappa shape index (κ3) is 10.6. The standard InChI is InChI=1S/C7H8.3ClH.Cr/c1-7-5-3-2-4-6-7;;;;/h2-6H,1H3;3*1H;/q;;;;+3/p-3. The summed E-state index contributed by atoms with van der Waals surface area (Å²) in [4.78, 5) is 0. The molecule has 0 heterocycles. The van der Waals surface area contributed by atoms with Crippen molar-refractivity contribution in [1.82, 2.24) is 0 Å². The summed E-state index contributed by atoms with van der Waals surface area (Å²) in [7, 11) is 14.8. The zero-order valence-electron chi connectivity index (χ0n) is 5.93. The molecule has 0 aliphatic heterocycles. The minimum absolute atomic E-state index is 1.32. The van der Waals surface area contributed by atoms with Gasteiger partial charge in [0.05, 0.1) is 0 Å². The number of aryl methyl sites for hydroxylation is 1. The van der Waals surface area contributed by atoms with Crippen LogP contribution < -0.4 is 0 Å². The minimum atomic E-state index is -1.62. The van der Waals surface area contributed by atoms with Crippen LogP contribution in [0.3, 0.4) is 0 Å². The molecule has 0 radical (unpaired) electrons. The first kappa shape index (κ1) is 11.6. The van der Waals surface area contributed by atoms with E-state index in [-0.39, 0.29) is 0 Å². The number of hydrogen-bond donors (Lipinski definition) is 0. The molecule has 63 valence electrons. The van der Waals surface area contributed by atoms with Crippen LogP contribution >= 0.6 is 30.1 Å². The van der Waals surface area contributed by atoms with Gasteiger partial charge in [-0.25, -0.2) is 0 Å². The predicted molar refractivity (Wildman–Crippen MR) is 48.7 cm³/mol. The third-order valence-electron chi connectivity index (χ3n) is 0.940. The van der Waals surface area contributed by atoms with Crippen LogP contribution in [0, 0.1) is 6.92 Å². The van der Waals surface area contributed by atoms with E-state index in [1.165, 1.54) is 5.56 Å². The third-order valence-corrected chi connectivity index (χ3v) is 0.940. The molecule has 0 nitrogen and oxygen atoms in total. The van der Waals surface area contributed by atoms with E-state index in [0.29, 0.717) is 0 Å². The molecule has 0 spiro atoms. The van der Waals surface area contributed by atoms with Crippen molar-refractivity contribution in [1.29, 1.82) is 0 Å². The summed E-state index contributed by atoms with van der Waals surface area (Å²) >= 11 is -1.62. The number of rotatable bonds is 0. The van der Waals surface area contributed by atoms with Crippen LogP contribution in [0.2, 0.25) is 0 Å². The zero-order chi connectivity index (χ0) is 8.69. The van der Waals surface area contributed by atoms with Crippen molar-refractivity contribution in [3.63, 3.8) is 0 Å². The Balaban J connectivity index is 0.000000218. The number of halogens is 3. The summed E-state index contributed by atoms with van der Waals surface area (Å²) in [6.07, 6.45) is 0. The molecule has 0 amide bonds. The van der Waals surface area contributed by atoms with Crippen molar-refractivity contribution < 1.29 is 11.4 Å². The summed E-state index contributed by atoms with van der Waals surface area (Å²) < 4.78 is 0. The van der Waals surface area contributed by atoms with Crippen LogP contribution in [0.5, 0.6) is 0 Å². The van der Waals surface area contributed by atoms with E-state index in [4.69, 9.17) is 30.1 Å². The van der Waals surface area contributed by atoms with E-state index in [0.717, 1.165) is 0 Å². The van der Waals surface area contributed by atoms with E-state index < -0.39 is 11.4 Å². The maximum absolute atomic E-state index is 4.93. The predicted octanol–water partition coefficient (Wildman–Crippen LogP) is 4.06. The molecule has 0 aromatic heterocycles. The van der Waals surface area contributed by atoms with Gasteiger partial charge in [0, 0.05) is 0 Å². The van der Waals surface area contributed by atoms with Crippen molar-refractivity contribution in [2.75, 3.05) is 0 Å². The molecule has 0 fully saturated rings. The van der Waals surface area contributed by atoms with Crippen molar-refractivity contribution in [3.8, 4) is 0 Å². The van der Waals surface area contributed by atoms with Crippen LogP contribution in [0.1, 0.15) is 5.56 Å². The first-order chi connectivity index (χ1) is 5.13. The molecule has 0 saturated heterocycles. The molecule has 0 aliphatic carbocycles. The van der Waals surface area contributed by atoms with Crippen LogP contribution in [0.4, 0.5) is 0 Å². The molecular formula is C7H8Cl3Cr. The molecule has 4 heteroatoms. The fourth-order valence-corrected chi connectivity index (χ4v) is 0.534. The van der Waals surface area contributed by atoms with Crippen LogP contribution in [-0.2, 0) is 11.4 Å². The van der Waals surface area contributed by atoms with E-state index in [2.05, 4.69) is 19.1 Å². The molecule has 1 rings (SSSR count). The maximum atomic E-state index is 4.93. The Morgan fingerprint density at radius 1 is 1.00 bits per heavy atom. The quantitative estimate of drug-likeness (QED) is 0.651. The first-order valence-corrected chi connectivity index (χ1v) is 8.14. The van der Waals surface area contributed by atoms with Crippen molar-refractivity contribution in [2.45, 2.75) is 6.92 Å². The van der Waals surface area contributed by atoms with Crippen molar-refractivity contribution in [2.24, 2.45) is 0 Å². The van der Waals surface area contributed by atoms with Gasteiger partial charge in [-0.1, -0.05) is 35.9 Å². The average molecular weight is 250 g/mol. The Morgan fingerprint density at radius 3 is 1.55 bits per heavy atom. The molecule has 0 unspecified atom stereocenters. The number of benzene rings is 1. The Morgan fingerprint density at radius 2 is 1.36 bits per heavy atom. The molecule has 11 heavy (non-hydrogen) atoms. The summed E-state index contributed by atoms with van der Waals surface area (Å²) in [5.74, 6) is 0. The van der Waals surface area contributed by atoms with E-state index in [1.807, 2.05) is 18.2 Å². The molecule has 0 aliphatic rings. The fourth-order valence-electron chi connectivity index (χ4n) is 0.534. The van der Waals surface area contributed by atoms with Crippen LogP contribution in [0.25, 0.3) is 0 Å². The van der Waals surface area contributed by atoms with Gasteiger partial charge < -0.3 is 0 Å². The van der Waals surface area contributed by atoms with E-state index in [1.54, 1.807) is 0 Å². The van der Waals surface area contributed by atoms with Crippen molar-refractivity contribution >= 4 is 30.1 Å². The van der Waals surface area contributed by atoms with Crippen molar-refractivity contribution in [3.05, 3.63) is 35.9 Å². The van der Waals surface area contributed by atoms with E-state index >= 15 is 0 Å². The second-order valence-electron chi connectivity index (χ2n) is 1.83. The first-order valence-electron chi connectivity index (χ1n) is 2.87. The Kier molecular flexibility index (Phi) is 7.69. The second-order valence-corrected chi connectivity index (χ2v) is 8.15. The normalized spacial score (nSPS) is 8.82. The van der Waals surface area contributed by atoms with E-state index in [9.17, 15) is 0 Å².